The van der Waals surface area contributed by atoms with Crippen LogP contribution >= 0.6 is 23.1 Å². The predicted molar refractivity (Wildman–Crippen MR) is 101 cm³/mol. The fourth-order valence-electron chi connectivity index (χ4n) is 2.77. The lowest BCUT2D eigenvalue weighted by Crippen LogP contribution is -2.51. The molecule has 1 aliphatic rings. The SMILES string of the molecule is CCCn1c(SCC(=O)N2CCN(C(=O)c3cccs3)CC2)n[nH]c1=O. The summed E-state index contributed by atoms with van der Waals surface area (Å²) in [7, 11) is 0. The molecule has 1 saturated heterocycles. The summed E-state index contributed by atoms with van der Waals surface area (Å²) in [6, 6.07) is 3.68. The maximum Gasteiger partial charge on any atom is 0.343 e. The van der Waals surface area contributed by atoms with Crippen LogP contribution in [0.15, 0.2) is 27.5 Å². The van der Waals surface area contributed by atoms with E-state index in [2.05, 4.69) is 10.2 Å². The molecule has 2 aromatic rings. The van der Waals surface area contributed by atoms with E-state index in [0.717, 1.165) is 11.3 Å². The second-order valence-electron chi connectivity index (χ2n) is 5.90. The maximum atomic E-state index is 12.4. The van der Waals surface area contributed by atoms with Gasteiger partial charge in [-0.05, 0) is 17.9 Å². The van der Waals surface area contributed by atoms with Crippen LogP contribution in [0.2, 0.25) is 0 Å². The van der Waals surface area contributed by atoms with Gasteiger partial charge in [-0.25, -0.2) is 9.89 Å². The van der Waals surface area contributed by atoms with Gasteiger partial charge in [0.25, 0.3) is 5.91 Å². The highest BCUT2D eigenvalue weighted by Crippen LogP contribution is 2.17. The Morgan fingerprint density at radius 1 is 1.27 bits per heavy atom. The predicted octanol–water partition coefficient (Wildman–Crippen LogP) is 1.12. The summed E-state index contributed by atoms with van der Waals surface area (Å²) in [5.41, 5.74) is -0.248. The molecule has 0 saturated carbocycles. The topological polar surface area (TPSA) is 91.3 Å². The maximum absolute atomic E-state index is 12.4. The van der Waals surface area contributed by atoms with Gasteiger partial charge in [0.2, 0.25) is 5.91 Å². The van der Waals surface area contributed by atoms with Crippen molar-refractivity contribution in [3.63, 3.8) is 0 Å². The number of H-pyrrole nitrogens is 1. The molecule has 0 unspecified atom stereocenters. The lowest BCUT2D eigenvalue weighted by Gasteiger charge is -2.34. The second kappa shape index (κ2) is 8.54. The zero-order valence-corrected chi connectivity index (χ0v) is 16.1. The van der Waals surface area contributed by atoms with Crippen LogP contribution in [0.1, 0.15) is 23.0 Å². The number of rotatable bonds is 6. The third-order valence-corrected chi connectivity index (χ3v) is 5.97. The van der Waals surface area contributed by atoms with Crippen molar-refractivity contribution < 1.29 is 9.59 Å². The van der Waals surface area contributed by atoms with Crippen LogP contribution in [0.5, 0.6) is 0 Å². The lowest BCUT2D eigenvalue weighted by molar-refractivity contribution is -0.129. The van der Waals surface area contributed by atoms with E-state index in [-0.39, 0.29) is 23.3 Å². The van der Waals surface area contributed by atoms with Gasteiger partial charge in [0.05, 0.1) is 10.6 Å². The number of aromatic nitrogens is 3. The first kappa shape index (κ1) is 18.7. The van der Waals surface area contributed by atoms with Gasteiger partial charge in [-0.15, -0.1) is 16.4 Å². The Morgan fingerprint density at radius 2 is 2.00 bits per heavy atom. The molecule has 1 aliphatic heterocycles. The first-order valence-electron chi connectivity index (χ1n) is 8.48. The molecule has 1 N–H and O–H groups in total. The molecule has 26 heavy (non-hydrogen) atoms. The van der Waals surface area contributed by atoms with E-state index < -0.39 is 0 Å². The first-order valence-corrected chi connectivity index (χ1v) is 10.3. The molecular weight excluding hydrogens is 374 g/mol. The van der Waals surface area contributed by atoms with Crippen molar-refractivity contribution in [3.05, 3.63) is 32.9 Å². The van der Waals surface area contributed by atoms with Crippen LogP contribution in [-0.4, -0.2) is 68.3 Å². The number of nitrogens with one attached hydrogen (secondary N) is 1. The Kier molecular flexibility index (Phi) is 6.15. The van der Waals surface area contributed by atoms with Crippen LogP contribution < -0.4 is 5.69 Å². The van der Waals surface area contributed by atoms with Crippen molar-refractivity contribution in [2.24, 2.45) is 0 Å². The molecule has 3 rings (SSSR count). The van der Waals surface area contributed by atoms with Crippen LogP contribution in [-0.2, 0) is 11.3 Å². The molecular formula is C16H21N5O3S2. The monoisotopic (exact) mass is 395 g/mol. The summed E-state index contributed by atoms with van der Waals surface area (Å²) in [5.74, 6) is 0.255. The van der Waals surface area contributed by atoms with Crippen molar-refractivity contribution in [2.45, 2.75) is 25.0 Å². The van der Waals surface area contributed by atoms with Gasteiger partial charge in [0, 0.05) is 32.7 Å². The number of thioether (sulfide) groups is 1. The Hall–Kier alpha value is -2.07. The minimum absolute atomic E-state index is 0.00304. The molecule has 0 aliphatic carbocycles. The Labute approximate surface area is 159 Å². The van der Waals surface area contributed by atoms with Gasteiger partial charge in [-0.3, -0.25) is 14.2 Å². The molecule has 0 bridgehead atoms. The highest BCUT2D eigenvalue weighted by atomic mass is 32.2. The molecule has 2 aromatic heterocycles. The molecule has 3 heterocycles. The minimum Gasteiger partial charge on any atom is -0.338 e. The number of hydrogen-bond acceptors (Lipinski definition) is 6. The molecule has 2 amide bonds. The van der Waals surface area contributed by atoms with Crippen LogP contribution in [0, 0.1) is 0 Å². The minimum atomic E-state index is -0.248. The van der Waals surface area contributed by atoms with Crippen molar-refractivity contribution in [1.82, 2.24) is 24.6 Å². The summed E-state index contributed by atoms with van der Waals surface area (Å²) >= 11 is 2.70. The van der Waals surface area contributed by atoms with Gasteiger partial charge < -0.3 is 9.80 Å². The van der Waals surface area contributed by atoms with Crippen LogP contribution in [0.3, 0.4) is 0 Å². The quantitative estimate of drug-likeness (QED) is 0.740. The molecule has 0 spiro atoms. The van der Waals surface area contributed by atoms with E-state index in [0.29, 0.717) is 37.9 Å². The van der Waals surface area contributed by atoms with Gasteiger partial charge in [0.15, 0.2) is 5.16 Å². The van der Waals surface area contributed by atoms with Gasteiger partial charge in [-0.1, -0.05) is 24.8 Å². The first-order chi connectivity index (χ1) is 12.6. The number of amides is 2. The number of thiophene rings is 1. The second-order valence-corrected chi connectivity index (χ2v) is 7.79. The molecule has 8 nitrogen and oxygen atoms in total. The number of aromatic amines is 1. The Balaban J connectivity index is 1.50. The summed E-state index contributed by atoms with van der Waals surface area (Å²) in [6.45, 7) is 4.69. The summed E-state index contributed by atoms with van der Waals surface area (Å²) < 4.78 is 1.55. The summed E-state index contributed by atoms with van der Waals surface area (Å²) in [4.78, 5) is 40.7. The van der Waals surface area contributed by atoms with E-state index in [1.165, 1.54) is 23.1 Å². The van der Waals surface area contributed by atoms with Crippen molar-refractivity contribution in [3.8, 4) is 0 Å². The third-order valence-electron chi connectivity index (χ3n) is 4.15. The number of carbonyl (C=O) groups is 2. The number of nitrogens with zero attached hydrogens (tertiary/aromatic N) is 4. The van der Waals surface area contributed by atoms with Crippen molar-refractivity contribution in [1.29, 1.82) is 0 Å². The third kappa shape index (κ3) is 4.18. The van der Waals surface area contributed by atoms with E-state index in [4.69, 9.17) is 0 Å². The Bertz CT molecular complexity index is 806. The van der Waals surface area contributed by atoms with Gasteiger partial charge in [0.1, 0.15) is 0 Å². The fourth-order valence-corrected chi connectivity index (χ4v) is 4.33. The summed E-state index contributed by atoms with van der Waals surface area (Å²) in [6.07, 6.45) is 0.821. The number of carbonyl (C=O) groups excluding carboxylic acids is 2. The highest BCUT2D eigenvalue weighted by Gasteiger charge is 2.25. The molecule has 140 valence electrons. The zero-order chi connectivity index (χ0) is 18.5. The zero-order valence-electron chi connectivity index (χ0n) is 14.5. The van der Waals surface area contributed by atoms with E-state index in [9.17, 15) is 14.4 Å². The highest BCUT2D eigenvalue weighted by molar-refractivity contribution is 7.99. The van der Waals surface area contributed by atoms with Crippen molar-refractivity contribution >= 4 is 34.9 Å². The van der Waals surface area contributed by atoms with E-state index in [1.807, 2.05) is 24.4 Å². The number of piperazine rings is 1. The van der Waals surface area contributed by atoms with Gasteiger partial charge >= 0.3 is 5.69 Å². The van der Waals surface area contributed by atoms with E-state index >= 15 is 0 Å². The lowest BCUT2D eigenvalue weighted by atomic mass is 10.3. The smallest absolute Gasteiger partial charge is 0.338 e. The van der Waals surface area contributed by atoms with Crippen molar-refractivity contribution in [2.75, 3.05) is 31.9 Å². The fraction of sp³-hybridized carbons (Fsp3) is 0.500. The molecule has 0 atom stereocenters. The largest absolute Gasteiger partial charge is 0.343 e. The van der Waals surface area contributed by atoms with Gasteiger partial charge in [-0.2, -0.15) is 0 Å². The van der Waals surface area contributed by atoms with Crippen LogP contribution in [0.4, 0.5) is 0 Å². The summed E-state index contributed by atoms with van der Waals surface area (Å²) in [5, 5.41) is 8.83. The number of hydrogen-bond donors (Lipinski definition) is 1. The Morgan fingerprint density at radius 3 is 2.65 bits per heavy atom. The molecule has 0 aromatic carbocycles. The average Bonchev–Trinajstić information content (AvgIpc) is 3.31. The van der Waals surface area contributed by atoms with Crippen LogP contribution in [0.25, 0.3) is 0 Å². The molecule has 1 fully saturated rings. The molecule has 0 radical (unpaired) electrons. The molecule has 10 heteroatoms. The average molecular weight is 396 g/mol. The standard InChI is InChI=1S/C16H21N5O3S2/c1-2-5-21-15(24)17-18-16(21)26-11-13(22)19-6-8-20(9-7-19)14(23)12-4-3-10-25-12/h3-4,10H,2,5-9,11H2,1H3,(H,17,24). The van der Waals surface area contributed by atoms with E-state index in [1.54, 1.807) is 14.4 Å². The normalized spacial score (nSPS) is 14.7.